The van der Waals surface area contributed by atoms with E-state index in [1.54, 1.807) is 0 Å². The van der Waals surface area contributed by atoms with Crippen LogP contribution in [0.1, 0.15) is 26.3 Å². The largest absolute Gasteiger partial charge is 0.479 e. The molecule has 0 fully saturated rings. The van der Waals surface area contributed by atoms with Crippen LogP contribution in [0.4, 0.5) is 0 Å². The van der Waals surface area contributed by atoms with E-state index in [0.717, 1.165) is 5.56 Å². The number of rotatable bonds is 17. The first kappa shape index (κ1) is 28.0. The normalized spacial score (nSPS) is 13.5. The fourth-order valence-electron chi connectivity index (χ4n) is 2.80. The van der Waals surface area contributed by atoms with Gasteiger partial charge in [-0.1, -0.05) is 51.1 Å². The number of carbonyl (C=O) groups is 2. The van der Waals surface area contributed by atoms with Crippen LogP contribution in [0.2, 0.25) is 0 Å². The highest BCUT2D eigenvalue weighted by Crippen LogP contribution is 2.22. The zero-order chi connectivity index (χ0) is 23.8. The molecule has 0 heterocycles. The molecule has 0 bridgehead atoms. The number of carboxylic acid groups (broad SMARTS) is 1. The Morgan fingerprint density at radius 3 is 2.00 bits per heavy atom. The molecule has 1 unspecified atom stereocenters. The predicted molar refractivity (Wildman–Crippen MR) is 120 cm³/mol. The third kappa shape index (κ3) is 12.7. The number of benzene rings is 1. The first-order valence-corrected chi connectivity index (χ1v) is 10.9. The van der Waals surface area contributed by atoms with E-state index in [1.165, 1.54) is 0 Å². The Morgan fingerprint density at radius 1 is 0.938 bits per heavy atom. The molecule has 0 aromatic heterocycles. The van der Waals surface area contributed by atoms with E-state index >= 15 is 0 Å². The SMILES string of the molecule is CC(C)(C)C(OCCOCCOCCOCCNC(=O)[C@@H](N)Cc1ccccc1)C(=O)O. The van der Waals surface area contributed by atoms with Crippen molar-refractivity contribution in [1.82, 2.24) is 5.32 Å². The molecule has 0 radical (unpaired) electrons. The summed E-state index contributed by atoms with van der Waals surface area (Å²) in [4.78, 5) is 23.2. The van der Waals surface area contributed by atoms with Crippen molar-refractivity contribution in [2.24, 2.45) is 11.1 Å². The van der Waals surface area contributed by atoms with Crippen LogP contribution >= 0.6 is 0 Å². The molecule has 2 atom stereocenters. The summed E-state index contributed by atoms with van der Waals surface area (Å²) in [6.45, 7) is 8.31. The van der Waals surface area contributed by atoms with Gasteiger partial charge >= 0.3 is 5.97 Å². The van der Waals surface area contributed by atoms with Crippen LogP contribution in [0.15, 0.2) is 30.3 Å². The van der Waals surface area contributed by atoms with Crippen molar-refractivity contribution in [2.45, 2.75) is 39.3 Å². The van der Waals surface area contributed by atoms with Crippen LogP contribution in [-0.4, -0.2) is 81.9 Å². The van der Waals surface area contributed by atoms with Gasteiger partial charge in [-0.25, -0.2) is 4.79 Å². The Hall–Kier alpha value is -2.04. The van der Waals surface area contributed by atoms with Crippen molar-refractivity contribution in [3.8, 4) is 0 Å². The van der Waals surface area contributed by atoms with Gasteiger partial charge < -0.3 is 35.1 Å². The molecule has 1 aromatic carbocycles. The van der Waals surface area contributed by atoms with Crippen LogP contribution in [0, 0.1) is 5.41 Å². The molecule has 182 valence electrons. The maximum atomic E-state index is 12.0. The summed E-state index contributed by atoms with van der Waals surface area (Å²) in [7, 11) is 0. The number of nitrogens with one attached hydrogen (secondary N) is 1. The second kappa shape index (κ2) is 15.7. The van der Waals surface area contributed by atoms with Gasteiger partial charge in [0.05, 0.1) is 52.3 Å². The fraction of sp³-hybridized carbons (Fsp3) is 0.652. The van der Waals surface area contributed by atoms with Gasteiger partial charge in [0.15, 0.2) is 6.10 Å². The molecular weight excluding hydrogens is 416 g/mol. The van der Waals surface area contributed by atoms with Crippen LogP contribution < -0.4 is 11.1 Å². The molecule has 0 saturated carbocycles. The number of amides is 1. The quantitative estimate of drug-likeness (QED) is 0.300. The molecule has 9 heteroatoms. The molecule has 1 rings (SSSR count). The Kier molecular flexibility index (Phi) is 13.7. The summed E-state index contributed by atoms with van der Waals surface area (Å²) < 4.78 is 21.6. The lowest BCUT2D eigenvalue weighted by Gasteiger charge is -2.26. The lowest BCUT2D eigenvalue weighted by Crippen LogP contribution is -2.43. The van der Waals surface area contributed by atoms with Gasteiger partial charge in [-0.3, -0.25) is 4.79 Å². The van der Waals surface area contributed by atoms with Crippen molar-refractivity contribution in [3.05, 3.63) is 35.9 Å². The van der Waals surface area contributed by atoms with Crippen molar-refractivity contribution < 1.29 is 33.6 Å². The third-order valence-electron chi connectivity index (χ3n) is 4.45. The summed E-state index contributed by atoms with van der Waals surface area (Å²) in [5.74, 6) is -1.18. The van der Waals surface area contributed by atoms with Gasteiger partial charge in [-0.2, -0.15) is 0 Å². The molecule has 0 saturated heterocycles. The van der Waals surface area contributed by atoms with E-state index in [0.29, 0.717) is 52.6 Å². The van der Waals surface area contributed by atoms with Crippen molar-refractivity contribution in [1.29, 1.82) is 0 Å². The van der Waals surface area contributed by atoms with E-state index in [9.17, 15) is 9.59 Å². The van der Waals surface area contributed by atoms with Gasteiger partial charge in [0, 0.05) is 6.54 Å². The van der Waals surface area contributed by atoms with Gasteiger partial charge in [0.1, 0.15) is 0 Å². The van der Waals surface area contributed by atoms with Gasteiger partial charge in [-0.15, -0.1) is 0 Å². The van der Waals surface area contributed by atoms with Crippen molar-refractivity contribution in [2.75, 3.05) is 52.8 Å². The zero-order valence-electron chi connectivity index (χ0n) is 19.4. The lowest BCUT2D eigenvalue weighted by atomic mass is 9.89. The minimum atomic E-state index is -0.976. The summed E-state index contributed by atoms with van der Waals surface area (Å²) in [6, 6.07) is 9.05. The van der Waals surface area contributed by atoms with Gasteiger partial charge in [-0.05, 0) is 17.4 Å². The molecule has 4 N–H and O–H groups in total. The summed E-state index contributed by atoms with van der Waals surface area (Å²) in [5.41, 5.74) is 6.46. The molecule has 1 amide bonds. The Balaban J connectivity index is 1.92. The van der Waals surface area contributed by atoms with Crippen molar-refractivity contribution >= 4 is 11.9 Å². The van der Waals surface area contributed by atoms with E-state index in [1.807, 2.05) is 51.1 Å². The first-order valence-electron chi connectivity index (χ1n) is 10.9. The molecule has 9 nitrogen and oxygen atoms in total. The molecule has 1 aromatic rings. The number of ether oxygens (including phenoxy) is 4. The third-order valence-corrected chi connectivity index (χ3v) is 4.45. The minimum Gasteiger partial charge on any atom is -0.479 e. The molecule has 0 spiro atoms. The highest BCUT2D eigenvalue weighted by Gasteiger charge is 2.31. The molecule has 32 heavy (non-hydrogen) atoms. The molecular formula is C23H38N2O7. The van der Waals surface area contributed by atoms with Crippen LogP contribution in [0.25, 0.3) is 0 Å². The topological polar surface area (TPSA) is 129 Å². The Morgan fingerprint density at radius 2 is 1.47 bits per heavy atom. The minimum absolute atomic E-state index is 0.202. The Bertz CT molecular complexity index is 649. The maximum absolute atomic E-state index is 12.0. The zero-order valence-corrected chi connectivity index (χ0v) is 19.4. The predicted octanol–water partition coefficient (Wildman–Crippen LogP) is 1.24. The standard InChI is InChI=1S/C23H38N2O7/c1-23(2,3)20(22(27)28)32-16-15-31-14-13-30-12-11-29-10-9-25-21(26)19(24)17-18-7-5-4-6-8-18/h4-8,19-20H,9-17,24H2,1-3H3,(H,25,26)(H,27,28)/t19-,20?/m0/s1. The highest BCUT2D eigenvalue weighted by molar-refractivity contribution is 5.81. The summed E-state index contributed by atoms with van der Waals surface area (Å²) in [6.07, 6.45) is -0.379. The lowest BCUT2D eigenvalue weighted by molar-refractivity contribution is -0.159. The Labute approximate surface area is 190 Å². The smallest absolute Gasteiger partial charge is 0.333 e. The van der Waals surface area contributed by atoms with E-state index in [-0.39, 0.29) is 12.5 Å². The van der Waals surface area contributed by atoms with Crippen LogP contribution in [0.5, 0.6) is 0 Å². The second-order valence-corrected chi connectivity index (χ2v) is 8.38. The number of aliphatic carboxylic acids is 1. The van der Waals surface area contributed by atoms with E-state index < -0.39 is 23.5 Å². The number of carbonyl (C=O) groups excluding carboxylic acids is 1. The summed E-state index contributed by atoms with van der Waals surface area (Å²) in [5, 5.41) is 11.9. The average Bonchev–Trinajstić information content (AvgIpc) is 2.73. The van der Waals surface area contributed by atoms with Gasteiger partial charge in [0.25, 0.3) is 0 Å². The van der Waals surface area contributed by atoms with Crippen LogP contribution in [-0.2, 0) is 35.0 Å². The first-order chi connectivity index (χ1) is 15.2. The second-order valence-electron chi connectivity index (χ2n) is 8.38. The van der Waals surface area contributed by atoms with Gasteiger partial charge in [0.2, 0.25) is 5.91 Å². The monoisotopic (exact) mass is 454 g/mol. The number of hydrogen-bond donors (Lipinski definition) is 3. The fourth-order valence-corrected chi connectivity index (χ4v) is 2.80. The van der Waals surface area contributed by atoms with Crippen molar-refractivity contribution in [3.63, 3.8) is 0 Å². The van der Waals surface area contributed by atoms with E-state index in [2.05, 4.69) is 5.32 Å². The van der Waals surface area contributed by atoms with E-state index in [4.69, 9.17) is 29.8 Å². The maximum Gasteiger partial charge on any atom is 0.333 e. The number of carboxylic acids is 1. The molecule has 0 aliphatic carbocycles. The molecule has 0 aliphatic rings. The average molecular weight is 455 g/mol. The van der Waals surface area contributed by atoms with Crippen LogP contribution in [0.3, 0.4) is 0 Å². The summed E-state index contributed by atoms with van der Waals surface area (Å²) >= 11 is 0. The number of hydrogen-bond acceptors (Lipinski definition) is 7. The highest BCUT2D eigenvalue weighted by atomic mass is 16.6. The number of nitrogens with two attached hydrogens (primary N) is 1. The molecule has 0 aliphatic heterocycles.